The number of alkyl halides is 1. The third kappa shape index (κ3) is 5.77. The van der Waals surface area contributed by atoms with Crippen molar-refractivity contribution in [2.45, 2.75) is 39.2 Å². The predicted octanol–water partition coefficient (Wildman–Crippen LogP) is 1.61. The highest BCUT2D eigenvalue weighted by molar-refractivity contribution is 5.82. The highest BCUT2D eigenvalue weighted by Crippen LogP contribution is 2.17. The highest BCUT2D eigenvalue weighted by Gasteiger charge is 2.14. The number of aromatic amines is 1. The molecular formula is C20H26FN7O3. The van der Waals surface area contributed by atoms with Crippen LogP contribution in [0.25, 0.3) is 11.2 Å². The average Bonchev–Trinajstić information content (AvgIpc) is 3.07. The van der Waals surface area contributed by atoms with Gasteiger partial charge in [0.15, 0.2) is 11.5 Å². The maximum Gasteiger partial charge on any atom is 0.327 e. The molecule has 166 valence electrons. The fraction of sp³-hybridized carbons (Fsp3) is 0.450. The SMILES string of the molecule is CCCCNc1nc(N)c2[nH]c(=O)n(CCc3cncc(CC(=O)OCCF)c3)c2n1. The summed E-state index contributed by atoms with van der Waals surface area (Å²) < 4.78 is 18.4. The zero-order valence-corrected chi connectivity index (χ0v) is 17.4. The number of unbranched alkanes of at least 4 members (excludes halogenated alkanes) is 1. The molecule has 0 radical (unpaired) electrons. The van der Waals surface area contributed by atoms with E-state index in [1.54, 1.807) is 12.4 Å². The van der Waals surface area contributed by atoms with E-state index in [9.17, 15) is 14.0 Å². The Hall–Kier alpha value is -3.50. The normalized spacial score (nSPS) is 11.0. The number of nitrogen functional groups attached to an aromatic ring is 1. The van der Waals surface area contributed by atoms with Crippen molar-refractivity contribution in [3.05, 3.63) is 40.1 Å². The van der Waals surface area contributed by atoms with Crippen LogP contribution in [-0.2, 0) is 28.9 Å². The van der Waals surface area contributed by atoms with E-state index in [-0.39, 0.29) is 24.5 Å². The van der Waals surface area contributed by atoms with Crippen molar-refractivity contribution in [1.29, 1.82) is 0 Å². The molecule has 11 heteroatoms. The Bertz CT molecular complexity index is 1100. The maximum atomic E-state index is 12.5. The second-order valence-corrected chi connectivity index (χ2v) is 7.03. The molecule has 0 aliphatic carbocycles. The van der Waals surface area contributed by atoms with Crippen molar-refractivity contribution in [2.75, 3.05) is 30.9 Å². The molecule has 0 spiro atoms. The molecule has 0 unspecified atom stereocenters. The number of hydrogen-bond donors (Lipinski definition) is 3. The van der Waals surface area contributed by atoms with Crippen molar-refractivity contribution < 1.29 is 13.9 Å². The Balaban J connectivity index is 1.74. The number of carbonyl (C=O) groups is 1. The van der Waals surface area contributed by atoms with Gasteiger partial charge in [-0.3, -0.25) is 14.3 Å². The number of anilines is 2. The number of nitrogens with zero attached hydrogens (tertiary/aromatic N) is 4. The van der Waals surface area contributed by atoms with E-state index in [4.69, 9.17) is 10.5 Å². The Kier molecular flexibility index (Phi) is 7.52. The van der Waals surface area contributed by atoms with Gasteiger partial charge in [-0.15, -0.1) is 0 Å². The molecular weight excluding hydrogens is 405 g/mol. The molecule has 3 rings (SSSR count). The molecule has 0 amide bonds. The fourth-order valence-electron chi connectivity index (χ4n) is 3.10. The van der Waals surface area contributed by atoms with E-state index < -0.39 is 12.6 Å². The van der Waals surface area contributed by atoms with Gasteiger partial charge in [0.1, 0.15) is 18.8 Å². The van der Waals surface area contributed by atoms with Gasteiger partial charge in [-0.05, 0) is 24.0 Å². The van der Waals surface area contributed by atoms with Crippen molar-refractivity contribution in [2.24, 2.45) is 0 Å². The lowest BCUT2D eigenvalue weighted by atomic mass is 10.1. The average molecular weight is 431 g/mol. The van der Waals surface area contributed by atoms with E-state index in [0.717, 1.165) is 18.4 Å². The van der Waals surface area contributed by atoms with Crippen LogP contribution in [0.5, 0.6) is 0 Å². The summed E-state index contributed by atoms with van der Waals surface area (Å²) in [4.78, 5) is 39.6. The first-order valence-electron chi connectivity index (χ1n) is 10.2. The molecule has 0 saturated carbocycles. The molecule has 0 aliphatic heterocycles. The summed E-state index contributed by atoms with van der Waals surface area (Å²) in [7, 11) is 0. The molecule has 0 aliphatic rings. The number of aromatic nitrogens is 5. The lowest BCUT2D eigenvalue weighted by Gasteiger charge is -2.08. The lowest BCUT2D eigenvalue weighted by Crippen LogP contribution is -2.18. The number of fused-ring (bicyclic) bond motifs is 1. The van der Waals surface area contributed by atoms with Gasteiger partial charge < -0.3 is 20.8 Å². The maximum absolute atomic E-state index is 12.5. The molecule has 0 fully saturated rings. The third-order valence-electron chi connectivity index (χ3n) is 4.63. The van der Waals surface area contributed by atoms with Gasteiger partial charge >= 0.3 is 11.7 Å². The van der Waals surface area contributed by atoms with Gasteiger partial charge in [0, 0.05) is 25.5 Å². The third-order valence-corrected chi connectivity index (χ3v) is 4.63. The van der Waals surface area contributed by atoms with Gasteiger partial charge in [-0.25, -0.2) is 9.18 Å². The summed E-state index contributed by atoms with van der Waals surface area (Å²) in [5.74, 6) is 0.0664. The summed E-state index contributed by atoms with van der Waals surface area (Å²) in [6, 6.07) is 1.81. The Morgan fingerprint density at radius 1 is 1.32 bits per heavy atom. The second-order valence-electron chi connectivity index (χ2n) is 7.03. The van der Waals surface area contributed by atoms with Crippen LogP contribution in [0, 0.1) is 0 Å². The van der Waals surface area contributed by atoms with Gasteiger partial charge in [0.05, 0.1) is 6.42 Å². The zero-order chi connectivity index (χ0) is 22.2. The lowest BCUT2D eigenvalue weighted by molar-refractivity contribution is -0.143. The number of imidazole rings is 1. The number of H-pyrrole nitrogens is 1. The minimum Gasteiger partial charge on any atom is -0.463 e. The minimum atomic E-state index is -0.715. The van der Waals surface area contributed by atoms with E-state index in [1.165, 1.54) is 4.57 Å². The first-order chi connectivity index (χ1) is 15.0. The van der Waals surface area contributed by atoms with E-state index >= 15 is 0 Å². The van der Waals surface area contributed by atoms with E-state index in [2.05, 4.69) is 32.2 Å². The van der Waals surface area contributed by atoms with Crippen LogP contribution in [0.3, 0.4) is 0 Å². The molecule has 0 bridgehead atoms. The fourth-order valence-corrected chi connectivity index (χ4v) is 3.10. The van der Waals surface area contributed by atoms with Crippen molar-refractivity contribution >= 4 is 28.9 Å². The predicted molar refractivity (Wildman–Crippen MR) is 115 cm³/mol. The summed E-state index contributed by atoms with van der Waals surface area (Å²) >= 11 is 0. The molecule has 3 heterocycles. The monoisotopic (exact) mass is 431 g/mol. The van der Waals surface area contributed by atoms with Crippen LogP contribution in [-0.4, -0.2) is 50.3 Å². The Morgan fingerprint density at radius 2 is 2.13 bits per heavy atom. The van der Waals surface area contributed by atoms with Gasteiger partial charge in [-0.1, -0.05) is 19.4 Å². The largest absolute Gasteiger partial charge is 0.463 e. The van der Waals surface area contributed by atoms with Gasteiger partial charge in [-0.2, -0.15) is 9.97 Å². The van der Waals surface area contributed by atoms with E-state index in [0.29, 0.717) is 42.2 Å². The topological polar surface area (TPSA) is 141 Å². The molecule has 10 nitrogen and oxygen atoms in total. The van der Waals surface area contributed by atoms with Crippen LogP contribution < -0.4 is 16.7 Å². The molecule has 4 N–H and O–H groups in total. The second kappa shape index (κ2) is 10.5. The van der Waals surface area contributed by atoms with Gasteiger partial charge in [0.2, 0.25) is 5.95 Å². The molecule has 0 saturated heterocycles. The molecule has 31 heavy (non-hydrogen) atoms. The smallest absolute Gasteiger partial charge is 0.327 e. The van der Waals surface area contributed by atoms with Crippen LogP contribution >= 0.6 is 0 Å². The Labute approximate surface area is 178 Å². The van der Waals surface area contributed by atoms with Crippen LogP contribution in [0.1, 0.15) is 30.9 Å². The Morgan fingerprint density at radius 3 is 2.90 bits per heavy atom. The quantitative estimate of drug-likeness (QED) is 0.307. The summed E-state index contributed by atoms with van der Waals surface area (Å²) in [6.45, 7) is 2.16. The first-order valence-corrected chi connectivity index (χ1v) is 10.2. The van der Waals surface area contributed by atoms with Gasteiger partial charge in [0.25, 0.3) is 0 Å². The van der Waals surface area contributed by atoms with E-state index in [1.807, 2.05) is 6.07 Å². The number of aryl methyl sites for hydroxylation is 2. The minimum absolute atomic E-state index is 0.00439. The molecule has 0 aromatic carbocycles. The summed E-state index contributed by atoms with van der Waals surface area (Å²) in [5.41, 5.74) is 7.98. The van der Waals surface area contributed by atoms with Crippen LogP contribution in [0.2, 0.25) is 0 Å². The van der Waals surface area contributed by atoms with Crippen molar-refractivity contribution in [3.63, 3.8) is 0 Å². The number of hydrogen-bond acceptors (Lipinski definition) is 8. The first kappa shape index (κ1) is 22.2. The standard InChI is InChI=1S/C20H26FN7O3/c1-2-3-6-24-19-26-17(22)16-18(27-19)28(20(30)25-16)7-4-13-9-14(12-23-11-13)10-15(29)31-8-5-21/h9,11-12H,2-8,10H2,1H3,(H,25,30)(H3,22,24,26,27). The highest BCUT2D eigenvalue weighted by atomic mass is 19.1. The number of carbonyl (C=O) groups excluding carboxylic acids is 1. The van der Waals surface area contributed by atoms with Crippen molar-refractivity contribution in [3.8, 4) is 0 Å². The molecule has 3 aromatic rings. The number of nitrogens with one attached hydrogen (secondary N) is 2. The van der Waals surface area contributed by atoms with Crippen molar-refractivity contribution in [1.82, 2.24) is 24.5 Å². The zero-order valence-electron chi connectivity index (χ0n) is 17.4. The molecule has 3 aromatic heterocycles. The number of ether oxygens (including phenoxy) is 1. The number of rotatable bonds is 11. The van der Waals surface area contributed by atoms with Crippen LogP contribution in [0.15, 0.2) is 23.3 Å². The summed E-state index contributed by atoms with van der Waals surface area (Å²) in [6.07, 6.45) is 5.70. The number of pyridine rings is 1. The number of nitrogens with two attached hydrogens (primary N) is 1. The van der Waals surface area contributed by atoms with Crippen LogP contribution in [0.4, 0.5) is 16.2 Å². The number of esters is 1. The molecule has 0 atom stereocenters. The number of halogens is 1. The summed E-state index contributed by atoms with van der Waals surface area (Å²) in [5, 5.41) is 3.12.